The van der Waals surface area contributed by atoms with Crippen LogP contribution >= 0.6 is 11.6 Å². The summed E-state index contributed by atoms with van der Waals surface area (Å²) in [6.07, 6.45) is 0.825. The minimum absolute atomic E-state index is 0.0178. The Balaban J connectivity index is 1.65. The van der Waals surface area contributed by atoms with Gasteiger partial charge in [0.05, 0.1) is 25.8 Å². The van der Waals surface area contributed by atoms with Gasteiger partial charge in [-0.1, -0.05) is 11.6 Å². The van der Waals surface area contributed by atoms with Crippen LogP contribution < -0.4 is 14.8 Å². The maximum atomic E-state index is 13.2. The lowest BCUT2D eigenvalue weighted by Crippen LogP contribution is -2.37. The maximum absolute atomic E-state index is 13.2. The van der Waals surface area contributed by atoms with Crippen molar-refractivity contribution in [3.05, 3.63) is 52.3 Å². The first-order valence-corrected chi connectivity index (χ1v) is 8.59. The lowest BCUT2D eigenvalue weighted by Gasteiger charge is -2.29. The van der Waals surface area contributed by atoms with Crippen molar-refractivity contribution in [2.45, 2.75) is 13.0 Å². The molecule has 0 aromatic heterocycles. The summed E-state index contributed by atoms with van der Waals surface area (Å²) in [5, 5.41) is 2.73. The Morgan fingerprint density at radius 2 is 1.88 bits per heavy atom. The molecule has 1 aliphatic heterocycles. The van der Waals surface area contributed by atoms with Crippen LogP contribution in [0.15, 0.2) is 30.3 Å². The summed E-state index contributed by atoms with van der Waals surface area (Å²) >= 11 is 5.74. The van der Waals surface area contributed by atoms with Crippen molar-refractivity contribution in [1.29, 1.82) is 0 Å². The van der Waals surface area contributed by atoms with E-state index in [-0.39, 0.29) is 17.5 Å². The third-order valence-electron chi connectivity index (χ3n) is 4.37. The molecule has 0 fully saturated rings. The molecule has 0 unspecified atom stereocenters. The summed E-state index contributed by atoms with van der Waals surface area (Å²) in [6.45, 7) is 1.65. The molecule has 0 saturated heterocycles. The second-order valence-electron chi connectivity index (χ2n) is 6.11. The normalized spacial score (nSPS) is 13.8. The van der Waals surface area contributed by atoms with E-state index in [0.717, 1.165) is 18.5 Å². The molecule has 26 heavy (non-hydrogen) atoms. The van der Waals surface area contributed by atoms with Crippen LogP contribution in [0.1, 0.15) is 11.1 Å². The van der Waals surface area contributed by atoms with E-state index in [1.165, 1.54) is 23.8 Å². The zero-order valence-corrected chi connectivity index (χ0v) is 15.4. The first-order chi connectivity index (χ1) is 12.5. The van der Waals surface area contributed by atoms with Gasteiger partial charge in [-0.3, -0.25) is 9.69 Å². The van der Waals surface area contributed by atoms with Gasteiger partial charge in [0.2, 0.25) is 5.91 Å². The lowest BCUT2D eigenvalue weighted by molar-refractivity contribution is -0.117. The van der Waals surface area contributed by atoms with Crippen LogP contribution in [-0.2, 0) is 17.8 Å². The van der Waals surface area contributed by atoms with Crippen LogP contribution in [0.5, 0.6) is 11.5 Å². The molecule has 0 spiro atoms. The Morgan fingerprint density at radius 1 is 1.19 bits per heavy atom. The average molecular weight is 379 g/mol. The fourth-order valence-corrected chi connectivity index (χ4v) is 3.23. The van der Waals surface area contributed by atoms with Gasteiger partial charge >= 0.3 is 0 Å². The minimum Gasteiger partial charge on any atom is -0.493 e. The summed E-state index contributed by atoms with van der Waals surface area (Å²) in [5.74, 6) is 0.711. The van der Waals surface area contributed by atoms with Crippen LogP contribution in [-0.4, -0.2) is 38.1 Å². The molecule has 5 nitrogen and oxygen atoms in total. The third-order valence-corrected chi connectivity index (χ3v) is 4.66. The summed E-state index contributed by atoms with van der Waals surface area (Å²) in [6, 6.07) is 8.07. The number of rotatable bonds is 5. The Labute approximate surface area is 156 Å². The van der Waals surface area contributed by atoms with E-state index in [1.807, 2.05) is 12.1 Å². The van der Waals surface area contributed by atoms with Gasteiger partial charge in [0.1, 0.15) is 5.82 Å². The number of carbonyl (C=O) groups is 1. The Kier molecular flexibility index (Phi) is 5.64. The molecule has 138 valence electrons. The van der Waals surface area contributed by atoms with Crippen molar-refractivity contribution in [2.24, 2.45) is 0 Å². The predicted molar refractivity (Wildman–Crippen MR) is 98.6 cm³/mol. The molecular weight excluding hydrogens is 359 g/mol. The van der Waals surface area contributed by atoms with E-state index in [4.69, 9.17) is 21.1 Å². The van der Waals surface area contributed by atoms with Gasteiger partial charge in [0.15, 0.2) is 11.5 Å². The molecular formula is C19H20ClFN2O3. The van der Waals surface area contributed by atoms with Crippen molar-refractivity contribution in [3.63, 3.8) is 0 Å². The zero-order chi connectivity index (χ0) is 18.7. The zero-order valence-electron chi connectivity index (χ0n) is 14.6. The molecule has 0 aliphatic carbocycles. The van der Waals surface area contributed by atoms with Gasteiger partial charge in [-0.2, -0.15) is 0 Å². The van der Waals surface area contributed by atoms with Crippen LogP contribution in [0, 0.1) is 5.82 Å². The van der Waals surface area contributed by atoms with Crippen LogP contribution in [0.3, 0.4) is 0 Å². The van der Waals surface area contributed by atoms with Gasteiger partial charge in [-0.05, 0) is 47.9 Å². The quantitative estimate of drug-likeness (QED) is 0.865. The average Bonchev–Trinajstić information content (AvgIpc) is 2.63. The van der Waals surface area contributed by atoms with E-state index in [0.29, 0.717) is 23.7 Å². The largest absolute Gasteiger partial charge is 0.493 e. The van der Waals surface area contributed by atoms with Crippen molar-refractivity contribution < 1.29 is 18.7 Å². The summed E-state index contributed by atoms with van der Waals surface area (Å²) in [5.41, 5.74) is 2.79. The molecule has 2 aromatic rings. The SMILES string of the molecule is COc1cc2c(cc1OC)CN(CC(=O)Nc1ccc(F)c(Cl)c1)CC2. The first-order valence-electron chi connectivity index (χ1n) is 8.21. The fourth-order valence-electron chi connectivity index (χ4n) is 3.05. The van der Waals surface area contributed by atoms with Gasteiger partial charge in [0.25, 0.3) is 0 Å². The molecule has 0 atom stereocenters. The summed E-state index contributed by atoms with van der Waals surface area (Å²) in [4.78, 5) is 14.3. The van der Waals surface area contributed by atoms with Crippen molar-refractivity contribution in [3.8, 4) is 11.5 Å². The van der Waals surface area contributed by atoms with Gasteiger partial charge in [0, 0.05) is 18.8 Å². The van der Waals surface area contributed by atoms with Crippen LogP contribution in [0.4, 0.5) is 10.1 Å². The number of fused-ring (bicyclic) bond motifs is 1. The van der Waals surface area contributed by atoms with Crippen molar-refractivity contribution >= 4 is 23.2 Å². The van der Waals surface area contributed by atoms with Crippen molar-refractivity contribution in [2.75, 3.05) is 32.6 Å². The van der Waals surface area contributed by atoms with Crippen LogP contribution in [0.25, 0.3) is 0 Å². The molecule has 1 N–H and O–H groups in total. The number of hydrogen-bond donors (Lipinski definition) is 1. The number of nitrogens with one attached hydrogen (secondary N) is 1. The van der Waals surface area contributed by atoms with E-state index < -0.39 is 5.82 Å². The van der Waals surface area contributed by atoms with E-state index in [2.05, 4.69) is 10.2 Å². The third kappa shape index (κ3) is 4.08. The number of anilines is 1. The molecule has 0 bridgehead atoms. The topological polar surface area (TPSA) is 50.8 Å². The molecule has 3 rings (SSSR count). The number of ether oxygens (including phenoxy) is 2. The highest BCUT2D eigenvalue weighted by molar-refractivity contribution is 6.31. The second-order valence-corrected chi connectivity index (χ2v) is 6.52. The highest BCUT2D eigenvalue weighted by Crippen LogP contribution is 2.33. The van der Waals surface area contributed by atoms with E-state index in [1.54, 1.807) is 14.2 Å². The molecule has 1 aliphatic rings. The van der Waals surface area contributed by atoms with Gasteiger partial charge in [-0.25, -0.2) is 4.39 Å². The van der Waals surface area contributed by atoms with E-state index in [9.17, 15) is 9.18 Å². The molecule has 0 radical (unpaired) electrons. The number of methoxy groups -OCH3 is 2. The number of carbonyl (C=O) groups excluding carboxylic acids is 1. The number of nitrogens with zero attached hydrogens (tertiary/aromatic N) is 1. The predicted octanol–water partition coefficient (Wildman–Crippen LogP) is 3.49. The van der Waals surface area contributed by atoms with Crippen molar-refractivity contribution in [1.82, 2.24) is 4.90 Å². The smallest absolute Gasteiger partial charge is 0.238 e. The number of benzene rings is 2. The van der Waals surface area contributed by atoms with Crippen LogP contribution in [0.2, 0.25) is 5.02 Å². The highest BCUT2D eigenvalue weighted by atomic mass is 35.5. The monoisotopic (exact) mass is 378 g/mol. The van der Waals surface area contributed by atoms with Gasteiger partial charge < -0.3 is 14.8 Å². The molecule has 7 heteroatoms. The number of amides is 1. The molecule has 0 saturated carbocycles. The maximum Gasteiger partial charge on any atom is 0.238 e. The first kappa shape index (κ1) is 18.5. The Bertz CT molecular complexity index is 829. The molecule has 1 amide bonds. The minimum atomic E-state index is -0.512. The van der Waals surface area contributed by atoms with E-state index >= 15 is 0 Å². The molecule has 2 aromatic carbocycles. The Hall–Kier alpha value is -2.31. The summed E-state index contributed by atoms with van der Waals surface area (Å²) in [7, 11) is 3.22. The number of halogens is 2. The second kappa shape index (κ2) is 7.93. The lowest BCUT2D eigenvalue weighted by atomic mass is 9.99. The highest BCUT2D eigenvalue weighted by Gasteiger charge is 2.21. The Morgan fingerprint density at radius 3 is 2.54 bits per heavy atom. The number of hydrogen-bond acceptors (Lipinski definition) is 4. The standard InChI is InChI=1S/C19H20ClFN2O3/c1-25-17-7-12-5-6-23(10-13(12)8-18(17)26-2)11-19(24)22-14-3-4-16(21)15(20)9-14/h3-4,7-9H,5-6,10-11H2,1-2H3,(H,22,24). The summed E-state index contributed by atoms with van der Waals surface area (Å²) < 4.78 is 23.9. The molecule has 1 heterocycles. The van der Waals surface area contributed by atoms with Gasteiger partial charge in [-0.15, -0.1) is 0 Å². The fraction of sp³-hybridized carbons (Fsp3) is 0.316.